The highest BCUT2D eigenvalue weighted by Crippen LogP contribution is 2.41. The van der Waals surface area contributed by atoms with E-state index in [-0.39, 0.29) is 21.8 Å². The lowest BCUT2D eigenvalue weighted by atomic mass is 9.97. The third-order valence-electron chi connectivity index (χ3n) is 3.18. The molecule has 0 bridgehead atoms. The normalized spacial score (nSPS) is 17.6. The first-order valence-corrected chi connectivity index (χ1v) is 6.64. The summed E-state index contributed by atoms with van der Waals surface area (Å²) in [5, 5.41) is 10.3. The van der Waals surface area contributed by atoms with Crippen LogP contribution in [-0.4, -0.2) is 5.11 Å². The Balaban J connectivity index is 2.22. The van der Waals surface area contributed by atoms with Crippen molar-refractivity contribution < 1.29 is 18.3 Å². The van der Waals surface area contributed by atoms with E-state index in [1.165, 1.54) is 18.2 Å². The molecule has 1 nitrogen and oxygen atoms in total. The minimum absolute atomic E-state index is 0.0872. The highest BCUT2D eigenvalue weighted by Gasteiger charge is 2.27. The number of aliphatic hydroxyl groups excluding tert-OH is 1. The molecule has 19 heavy (non-hydrogen) atoms. The van der Waals surface area contributed by atoms with Crippen LogP contribution in [0.15, 0.2) is 35.2 Å². The third-order valence-corrected chi connectivity index (χ3v) is 4.33. The molecule has 1 N–H and O–H groups in total. The number of fused-ring (bicyclic) bond motifs is 2. The lowest BCUT2D eigenvalue weighted by Gasteiger charge is -2.14. The molecule has 1 aliphatic heterocycles. The van der Waals surface area contributed by atoms with Crippen LogP contribution in [0.3, 0.4) is 0 Å². The van der Waals surface area contributed by atoms with Gasteiger partial charge >= 0.3 is 0 Å². The molecular weight excluding hydrogens is 273 g/mol. The molecule has 2 aromatic rings. The van der Waals surface area contributed by atoms with Crippen molar-refractivity contribution >= 4 is 11.8 Å². The van der Waals surface area contributed by atoms with Crippen molar-refractivity contribution in [2.45, 2.75) is 16.8 Å². The summed E-state index contributed by atoms with van der Waals surface area (Å²) < 4.78 is 40.7. The van der Waals surface area contributed by atoms with Gasteiger partial charge in [0.1, 0.15) is 11.9 Å². The zero-order chi connectivity index (χ0) is 13.6. The van der Waals surface area contributed by atoms with Crippen molar-refractivity contribution in [1.82, 2.24) is 0 Å². The summed E-state index contributed by atoms with van der Waals surface area (Å²) in [5.41, 5.74) is 0.763. The molecule has 0 spiro atoms. The van der Waals surface area contributed by atoms with Crippen LogP contribution in [0.5, 0.6) is 0 Å². The van der Waals surface area contributed by atoms with E-state index in [0.717, 1.165) is 17.8 Å². The molecule has 0 saturated heterocycles. The van der Waals surface area contributed by atoms with Gasteiger partial charge in [0.05, 0.1) is 0 Å². The van der Waals surface area contributed by atoms with E-state index in [9.17, 15) is 18.3 Å². The van der Waals surface area contributed by atoms with Crippen LogP contribution in [0.1, 0.15) is 22.8 Å². The van der Waals surface area contributed by atoms with Crippen LogP contribution in [0.25, 0.3) is 0 Å². The SMILES string of the molecule is OC1c2ccc(F)c(F)c2CSc2c(F)cccc21. The number of aliphatic hydroxyl groups is 1. The Morgan fingerprint density at radius 3 is 2.58 bits per heavy atom. The topological polar surface area (TPSA) is 20.2 Å². The minimum Gasteiger partial charge on any atom is -0.384 e. The number of benzene rings is 2. The van der Waals surface area contributed by atoms with Crippen molar-refractivity contribution in [3.8, 4) is 0 Å². The summed E-state index contributed by atoms with van der Waals surface area (Å²) >= 11 is 1.06. The predicted molar refractivity (Wildman–Crippen MR) is 66.4 cm³/mol. The van der Waals surface area contributed by atoms with Gasteiger partial charge in [-0.15, -0.1) is 11.8 Å². The Labute approximate surface area is 112 Å². The van der Waals surface area contributed by atoms with Gasteiger partial charge in [-0.1, -0.05) is 18.2 Å². The van der Waals surface area contributed by atoms with Crippen LogP contribution >= 0.6 is 11.8 Å². The van der Waals surface area contributed by atoms with Gasteiger partial charge in [-0.2, -0.15) is 0 Å². The second kappa shape index (κ2) is 4.58. The molecule has 1 aliphatic rings. The molecule has 0 radical (unpaired) electrons. The molecule has 1 atom stereocenters. The predicted octanol–water partition coefficient (Wildman–Crippen LogP) is 3.79. The monoisotopic (exact) mass is 282 g/mol. The summed E-state index contributed by atoms with van der Waals surface area (Å²) in [7, 11) is 0. The number of hydrogen-bond donors (Lipinski definition) is 1. The largest absolute Gasteiger partial charge is 0.384 e. The van der Waals surface area contributed by atoms with Crippen LogP contribution in [0.2, 0.25) is 0 Å². The molecule has 1 heterocycles. The van der Waals surface area contributed by atoms with Crippen molar-refractivity contribution in [3.63, 3.8) is 0 Å². The molecule has 98 valence electrons. The van der Waals surface area contributed by atoms with E-state index in [1.807, 2.05) is 0 Å². The fourth-order valence-corrected chi connectivity index (χ4v) is 3.35. The minimum atomic E-state index is -1.15. The van der Waals surface area contributed by atoms with Gasteiger partial charge in [-0.05, 0) is 17.7 Å². The Kier molecular flexibility index (Phi) is 3.03. The first-order valence-electron chi connectivity index (χ1n) is 5.65. The Morgan fingerprint density at radius 2 is 1.79 bits per heavy atom. The molecule has 1 unspecified atom stereocenters. The molecule has 5 heteroatoms. The average molecular weight is 282 g/mol. The van der Waals surface area contributed by atoms with Gasteiger partial charge in [0.2, 0.25) is 0 Å². The fourth-order valence-electron chi connectivity index (χ4n) is 2.22. The van der Waals surface area contributed by atoms with E-state index in [1.54, 1.807) is 6.07 Å². The molecule has 3 rings (SSSR count). The lowest BCUT2D eigenvalue weighted by molar-refractivity contribution is 0.215. The Morgan fingerprint density at radius 1 is 1.00 bits per heavy atom. The number of thioether (sulfide) groups is 1. The second-order valence-corrected chi connectivity index (χ2v) is 5.26. The van der Waals surface area contributed by atoms with Gasteiger partial charge < -0.3 is 5.11 Å². The van der Waals surface area contributed by atoms with E-state index in [2.05, 4.69) is 0 Å². The van der Waals surface area contributed by atoms with Crippen LogP contribution in [0, 0.1) is 17.5 Å². The quantitative estimate of drug-likeness (QED) is 0.793. The summed E-state index contributed by atoms with van der Waals surface area (Å²) in [6.45, 7) is 0. The molecule has 0 amide bonds. The summed E-state index contributed by atoms with van der Waals surface area (Å²) in [6.07, 6.45) is -1.15. The van der Waals surface area contributed by atoms with Crippen LogP contribution in [-0.2, 0) is 5.75 Å². The maximum absolute atomic E-state index is 13.8. The lowest BCUT2D eigenvalue weighted by Crippen LogP contribution is -2.05. The zero-order valence-electron chi connectivity index (χ0n) is 9.66. The Hall–Kier alpha value is -1.46. The van der Waals surface area contributed by atoms with Gasteiger partial charge in [0, 0.05) is 21.8 Å². The van der Waals surface area contributed by atoms with Gasteiger partial charge in [0.15, 0.2) is 11.6 Å². The van der Waals surface area contributed by atoms with Gasteiger partial charge in [0.25, 0.3) is 0 Å². The van der Waals surface area contributed by atoms with E-state index >= 15 is 0 Å². The fraction of sp³-hybridized carbons (Fsp3) is 0.143. The van der Waals surface area contributed by atoms with Crippen LogP contribution in [0.4, 0.5) is 13.2 Å². The average Bonchev–Trinajstić information content (AvgIpc) is 2.54. The molecular formula is C14H9F3OS. The summed E-state index contributed by atoms with van der Waals surface area (Å²) in [5.74, 6) is -2.31. The smallest absolute Gasteiger partial charge is 0.163 e. The molecule has 0 aromatic heterocycles. The van der Waals surface area contributed by atoms with Crippen molar-refractivity contribution in [1.29, 1.82) is 0 Å². The molecule has 0 aliphatic carbocycles. The van der Waals surface area contributed by atoms with Gasteiger partial charge in [-0.3, -0.25) is 0 Å². The van der Waals surface area contributed by atoms with E-state index < -0.39 is 23.6 Å². The highest BCUT2D eigenvalue weighted by molar-refractivity contribution is 7.98. The Bertz CT molecular complexity index is 657. The number of hydrogen-bond acceptors (Lipinski definition) is 2. The molecule has 2 aromatic carbocycles. The third kappa shape index (κ3) is 1.93. The highest BCUT2D eigenvalue weighted by atomic mass is 32.2. The van der Waals surface area contributed by atoms with Crippen molar-refractivity contribution in [2.24, 2.45) is 0 Å². The first-order chi connectivity index (χ1) is 9.09. The van der Waals surface area contributed by atoms with Crippen LogP contribution < -0.4 is 0 Å². The van der Waals surface area contributed by atoms with Gasteiger partial charge in [-0.25, -0.2) is 13.2 Å². The number of rotatable bonds is 0. The molecule has 0 saturated carbocycles. The second-order valence-electron chi connectivity index (χ2n) is 4.28. The first kappa shape index (κ1) is 12.6. The standard InChI is InChI=1S/C14H9F3OS/c15-10-5-4-7-9(12(10)17)6-19-14-8(13(7)18)2-1-3-11(14)16/h1-5,13,18H,6H2. The van der Waals surface area contributed by atoms with Crippen molar-refractivity contribution in [2.75, 3.05) is 0 Å². The summed E-state index contributed by atoms with van der Waals surface area (Å²) in [4.78, 5) is 0.283. The van der Waals surface area contributed by atoms with E-state index in [0.29, 0.717) is 5.56 Å². The maximum atomic E-state index is 13.8. The maximum Gasteiger partial charge on any atom is 0.163 e. The molecule has 0 fully saturated rings. The summed E-state index contributed by atoms with van der Waals surface area (Å²) in [6, 6.07) is 6.69. The number of halogens is 3. The zero-order valence-corrected chi connectivity index (χ0v) is 10.5. The van der Waals surface area contributed by atoms with E-state index in [4.69, 9.17) is 0 Å². The van der Waals surface area contributed by atoms with Crippen molar-refractivity contribution in [3.05, 3.63) is 64.5 Å².